The molecular weight excluding hydrogens is 366 g/mol. The quantitative estimate of drug-likeness (QED) is 0.303. The van der Waals surface area contributed by atoms with Crippen LogP contribution in [0.2, 0.25) is 0 Å². The molecule has 1 atom stereocenters. The van der Waals surface area contributed by atoms with Gasteiger partial charge < -0.3 is 9.47 Å². The van der Waals surface area contributed by atoms with Crippen LogP contribution in [0.3, 0.4) is 0 Å². The molecule has 138 valence electrons. The topological polar surface area (TPSA) is 42.2 Å². The number of hydrogen-bond acceptors (Lipinski definition) is 4. The second-order valence-corrected chi connectivity index (χ2v) is 7.51. The summed E-state index contributed by atoms with van der Waals surface area (Å²) in [7, 11) is 3.27. The van der Waals surface area contributed by atoms with E-state index in [1.807, 2.05) is 12.1 Å². The molecule has 0 amide bonds. The zero-order valence-corrected chi connectivity index (χ0v) is 17.0. The van der Waals surface area contributed by atoms with Crippen molar-refractivity contribution in [2.24, 2.45) is 0 Å². The molecular formula is C21H24ClNO2S. The minimum Gasteiger partial charge on any atom is -0.493 e. The van der Waals surface area contributed by atoms with E-state index < -0.39 is 0 Å². The standard InChI is InChI=1S/C21H24ClNO2S/c1-15-7-9-16(10-8-15)26-20(14-23)17-11-12-19(24-2)21(25-3)18(17)6-4-5-13-22/h7-12,20H,4-6,13H2,1-3H3. The van der Waals surface area contributed by atoms with Gasteiger partial charge in [-0.2, -0.15) is 5.26 Å². The van der Waals surface area contributed by atoms with Crippen LogP contribution in [0, 0.1) is 18.3 Å². The fraction of sp³-hybridized carbons (Fsp3) is 0.381. The van der Waals surface area contributed by atoms with E-state index in [2.05, 4.69) is 37.3 Å². The van der Waals surface area contributed by atoms with Gasteiger partial charge in [-0.15, -0.1) is 23.4 Å². The molecule has 0 aliphatic rings. The third-order valence-electron chi connectivity index (χ3n) is 4.17. The number of methoxy groups -OCH3 is 2. The summed E-state index contributed by atoms with van der Waals surface area (Å²) in [6.45, 7) is 2.06. The zero-order valence-electron chi connectivity index (χ0n) is 15.4. The van der Waals surface area contributed by atoms with Gasteiger partial charge in [-0.1, -0.05) is 23.8 Å². The maximum Gasteiger partial charge on any atom is 0.164 e. The van der Waals surface area contributed by atoms with E-state index in [4.69, 9.17) is 21.1 Å². The van der Waals surface area contributed by atoms with Crippen molar-refractivity contribution >= 4 is 23.4 Å². The molecule has 0 bridgehead atoms. The van der Waals surface area contributed by atoms with Crippen LogP contribution in [-0.2, 0) is 6.42 Å². The molecule has 3 nitrogen and oxygen atoms in total. The van der Waals surface area contributed by atoms with E-state index in [0.717, 1.165) is 35.3 Å². The Labute approximate surface area is 165 Å². The number of halogens is 1. The molecule has 0 saturated carbocycles. The lowest BCUT2D eigenvalue weighted by Gasteiger charge is -2.19. The molecule has 2 aromatic rings. The Morgan fingerprint density at radius 3 is 2.38 bits per heavy atom. The first-order chi connectivity index (χ1) is 12.6. The fourth-order valence-electron chi connectivity index (χ4n) is 2.82. The maximum absolute atomic E-state index is 9.82. The molecule has 0 aromatic heterocycles. The minimum absolute atomic E-state index is 0.316. The normalized spacial score (nSPS) is 11.7. The predicted molar refractivity (Wildman–Crippen MR) is 109 cm³/mol. The molecule has 0 saturated heterocycles. The van der Waals surface area contributed by atoms with Crippen LogP contribution >= 0.6 is 23.4 Å². The van der Waals surface area contributed by atoms with E-state index in [-0.39, 0.29) is 5.25 Å². The van der Waals surface area contributed by atoms with Gasteiger partial charge in [0.1, 0.15) is 5.25 Å². The van der Waals surface area contributed by atoms with Gasteiger partial charge in [0.2, 0.25) is 0 Å². The Bertz CT molecular complexity index is 756. The van der Waals surface area contributed by atoms with Gasteiger partial charge >= 0.3 is 0 Å². The van der Waals surface area contributed by atoms with Gasteiger partial charge in [0.15, 0.2) is 11.5 Å². The maximum atomic E-state index is 9.82. The average molecular weight is 390 g/mol. The summed E-state index contributed by atoms with van der Waals surface area (Å²) >= 11 is 7.39. The Kier molecular flexibility index (Phi) is 8.15. The first kappa shape index (κ1) is 20.5. The van der Waals surface area contributed by atoms with Crippen molar-refractivity contribution < 1.29 is 9.47 Å². The second-order valence-electron chi connectivity index (χ2n) is 5.95. The molecule has 0 aliphatic heterocycles. The molecule has 26 heavy (non-hydrogen) atoms. The zero-order chi connectivity index (χ0) is 18.9. The molecule has 2 rings (SSSR count). The van der Waals surface area contributed by atoms with Crippen molar-refractivity contribution in [1.82, 2.24) is 0 Å². The SMILES string of the molecule is COc1ccc(C(C#N)Sc2ccc(C)cc2)c(CCCCCl)c1OC. The van der Waals surface area contributed by atoms with Crippen molar-refractivity contribution in [3.8, 4) is 17.6 Å². The number of alkyl halides is 1. The Morgan fingerprint density at radius 1 is 1.08 bits per heavy atom. The van der Waals surface area contributed by atoms with Crippen molar-refractivity contribution in [2.75, 3.05) is 20.1 Å². The van der Waals surface area contributed by atoms with Crippen LogP contribution in [0.5, 0.6) is 11.5 Å². The van der Waals surface area contributed by atoms with E-state index >= 15 is 0 Å². The third-order valence-corrected chi connectivity index (χ3v) is 5.58. The van der Waals surface area contributed by atoms with E-state index in [9.17, 15) is 5.26 Å². The van der Waals surface area contributed by atoms with Crippen LogP contribution < -0.4 is 9.47 Å². The molecule has 1 unspecified atom stereocenters. The summed E-state index contributed by atoms with van der Waals surface area (Å²) < 4.78 is 11.1. The summed E-state index contributed by atoms with van der Waals surface area (Å²) in [4.78, 5) is 1.07. The third kappa shape index (κ3) is 5.09. The number of thioether (sulfide) groups is 1. The van der Waals surface area contributed by atoms with Crippen molar-refractivity contribution in [2.45, 2.75) is 36.3 Å². The predicted octanol–water partition coefficient (Wildman–Crippen LogP) is 5.93. The molecule has 5 heteroatoms. The van der Waals surface area contributed by atoms with Gasteiger partial charge in [-0.25, -0.2) is 0 Å². The summed E-state index contributed by atoms with van der Waals surface area (Å²) in [5, 5.41) is 9.50. The molecule has 0 spiro atoms. The molecule has 0 aliphatic carbocycles. The van der Waals surface area contributed by atoms with Crippen LogP contribution in [-0.4, -0.2) is 20.1 Å². The highest BCUT2D eigenvalue weighted by Gasteiger charge is 2.22. The largest absolute Gasteiger partial charge is 0.493 e. The van der Waals surface area contributed by atoms with Crippen LogP contribution in [0.15, 0.2) is 41.3 Å². The summed E-state index contributed by atoms with van der Waals surface area (Å²) in [6.07, 6.45) is 2.66. The lowest BCUT2D eigenvalue weighted by Crippen LogP contribution is -2.04. The van der Waals surface area contributed by atoms with Gasteiger partial charge in [-0.05, 0) is 49.9 Å². The lowest BCUT2D eigenvalue weighted by atomic mass is 9.98. The number of unbranched alkanes of at least 4 members (excludes halogenated alkanes) is 1. The highest BCUT2D eigenvalue weighted by atomic mass is 35.5. The monoisotopic (exact) mass is 389 g/mol. The van der Waals surface area contributed by atoms with Gasteiger partial charge in [0.25, 0.3) is 0 Å². The lowest BCUT2D eigenvalue weighted by molar-refractivity contribution is 0.351. The number of nitriles is 1. The fourth-order valence-corrected chi connectivity index (χ4v) is 3.97. The molecule has 0 radical (unpaired) electrons. The molecule has 2 aromatic carbocycles. The Balaban J connectivity index is 2.40. The number of rotatable bonds is 9. The highest BCUT2D eigenvalue weighted by molar-refractivity contribution is 7.99. The van der Waals surface area contributed by atoms with Gasteiger partial charge in [0, 0.05) is 16.3 Å². The molecule has 0 N–H and O–H groups in total. The van der Waals surface area contributed by atoms with E-state index in [1.54, 1.807) is 26.0 Å². The summed E-state index contributed by atoms with van der Waals surface area (Å²) in [5.41, 5.74) is 3.21. The van der Waals surface area contributed by atoms with Crippen molar-refractivity contribution in [1.29, 1.82) is 5.26 Å². The Morgan fingerprint density at radius 2 is 1.81 bits per heavy atom. The second kappa shape index (κ2) is 10.4. The minimum atomic E-state index is -0.316. The number of hydrogen-bond donors (Lipinski definition) is 0. The number of aryl methyl sites for hydroxylation is 1. The van der Waals surface area contributed by atoms with Crippen molar-refractivity contribution in [3.63, 3.8) is 0 Å². The smallest absolute Gasteiger partial charge is 0.164 e. The van der Waals surface area contributed by atoms with Gasteiger partial charge in [0.05, 0.1) is 20.3 Å². The number of nitrogens with zero attached hydrogens (tertiary/aromatic N) is 1. The average Bonchev–Trinajstić information content (AvgIpc) is 2.67. The van der Waals surface area contributed by atoms with Crippen LogP contribution in [0.4, 0.5) is 0 Å². The summed E-state index contributed by atoms with van der Waals surface area (Å²) in [6, 6.07) is 14.5. The number of ether oxygens (including phenoxy) is 2. The van der Waals surface area contributed by atoms with Crippen LogP contribution in [0.25, 0.3) is 0 Å². The van der Waals surface area contributed by atoms with E-state index in [0.29, 0.717) is 17.4 Å². The van der Waals surface area contributed by atoms with Crippen molar-refractivity contribution in [3.05, 3.63) is 53.1 Å². The highest BCUT2D eigenvalue weighted by Crippen LogP contribution is 2.42. The molecule has 0 fully saturated rings. The first-order valence-electron chi connectivity index (χ1n) is 8.57. The van der Waals surface area contributed by atoms with Gasteiger partial charge in [-0.3, -0.25) is 0 Å². The number of benzene rings is 2. The Hall–Kier alpha value is -1.83. The first-order valence-corrected chi connectivity index (χ1v) is 9.98. The van der Waals surface area contributed by atoms with Crippen LogP contribution in [0.1, 0.15) is 34.8 Å². The van der Waals surface area contributed by atoms with E-state index in [1.165, 1.54) is 5.56 Å². The summed E-state index contributed by atoms with van der Waals surface area (Å²) in [5.74, 6) is 2.03. The molecule has 0 heterocycles.